The molecule has 98 valence electrons. The zero-order chi connectivity index (χ0) is 14.5. The lowest BCUT2D eigenvalue weighted by molar-refractivity contribution is -0.134. The van der Waals surface area contributed by atoms with E-state index in [4.69, 9.17) is 20.1 Å². The highest BCUT2D eigenvalue weighted by Crippen LogP contribution is 2.23. The molecule has 0 unspecified atom stereocenters. The number of benzene rings is 1. The Morgan fingerprint density at radius 3 is 1.50 bits per heavy atom. The lowest BCUT2D eigenvalue weighted by atomic mass is 10.1. The fourth-order valence-corrected chi connectivity index (χ4v) is 1.65. The minimum atomic E-state index is -1.15. The standard InChI is InChI=1S/C9H7BrO4.C2H4O2/c1-4-2-5(8(11)12)7(10)6(3-4)9(13)14;1-2(3)4/h2-3H,1H3,(H,11,12)(H,13,14);1H3,(H,3,4). The van der Waals surface area contributed by atoms with Crippen molar-refractivity contribution in [2.24, 2.45) is 0 Å². The third kappa shape index (κ3) is 4.96. The summed E-state index contributed by atoms with van der Waals surface area (Å²) in [5.74, 6) is -3.13. The number of rotatable bonds is 2. The first-order valence-corrected chi connectivity index (χ1v) is 5.42. The van der Waals surface area contributed by atoms with Gasteiger partial charge in [0.05, 0.1) is 11.1 Å². The highest BCUT2D eigenvalue weighted by atomic mass is 79.9. The first kappa shape index (κ1) is 16.1. The van der Waals surface area contributed by atoms with E-state index in [1.165, 1.54) is 12.1 Å². The molecular weight excluding hydrogens is 308 g/mol. The van der Waals surface area contributed by atoms with Gasteiger partial charge in [0.15, 0.2) is 0 Å². The maximum absolute atomic E-state index is 10.7. The van der Waals surface area contributed by atoms with Gasteiger partial charge in [-0.05, 0) is 40.5 Å². The monoisotopic (exact) mass is 318 g/mol. The molecule has 3 N–H and O–H groups in total. The summed E-state index contributed by atoms with van der Waals surface area (Å²) in [7, 11) is 0. The molecule has 0 heterocycles. The number of carbonyl (C=O) groups is 3. The average Bonchev–Trinajstić information content (AvgIpc) is 2.19. The van der Waals surface area contributed by atoms with Crippen molar-refractivity contribution >= 4 is 33.8 Å². The van der Waals surface area contributed by atoms with E-state index >= 15 is 0 Å². The summed E-state index contributed by atoms with van der Waals surface area (Å²) in [6.45, 7) is 2.73. The van der Waals surface area contributed by atoms with Crippen LogP contribution in [0.3, 0.4) is 0 Å². The van der Waals surface area contributed by atoms with Gasteiger partial charge in [-0.25, -0.2) is 9.59 Å². The van der Waals surface area contributed by atoms with Crippen LogP contribution in [0.2, 0.25) is 0 Å². The van der Waals surface area contributed by atoms with Gasteiger partial charge in [0.2, 0.25) is 0 Å². The molecule has 0 atom stereocenters. The SMILES string of the molecule is CC(=O)O.Cc1cc(C(=O)O)c(Br)c(C(=O)O)c1. The molecule has 0 spiro atoms. The lowest BCUT2D eigenvalue weighted by Crippen LogP contribution is -2.05. The van der Waals surface area contributed by atoms with E-state index in [-0.39, 0.29) is 15.6 Å². The second kappa shape index (κ2) is 6.75. The molecule has 0 aromatic heterocycles. The number of aromatic carboxylic acids is 2. The van der Waals surface area contributed by atoms with Crippen molar-refractivity contribution in [1.29, 1.82) is 0 Å². The van der Waals surface area contributed by atoms with E-state index in [0.717, 1.165) is 6.92 Å². The third-order valence-electron chi connectivity index (χ3n) is 1.68. The number of hydrogen-bond acceptors (Lipinski definition) is 3. The fourth-order valence-electron chi connectivity index (χ4n) is 1.08. The maximum atomic E-state index is 10.7. The van der Waals surface area contributed by atoms with E-state index < -0.39 is 17.9 Å². The van der Waals surface area contributed by atoms with Crippen LogP contribution in [0.1, 0.15) is 33.2 Å². The van der Waals surface area contributed by atoms with Crippen molar-refractivity contribution in [3.05, 3.63) is 33.3 Å². The minimum Gasteiger partial charge on any atom is -0.481 e. The summed E-state index contributed by atoms with van der Waals surface area (Å²) in [5, 5.41) is 25.0. The summed E-state index contributed by atoms with van der Waals surface area (Å²) < 4.78 is 0.100. The van der Waals surface area contributed by atoms with Gasteiger partial charge < -0.3 is 15.3 Å². The summed E-state index contributed by atoms with van der Waals surface area (Å²) in [6, 6.07) is 2.83. The van der Waals surface area contributed by atoms with Crippen LogP contribution in [-0.2, 0) is 4.79 Å². The molecule has 1 aromatic rings. The maximum Gasteiger partial charge on any atom is 0.336 e. The summed E-state index contributed by atoms with van der Waals surface area (Å²) >= 11 is 2.95. The molecule has 7 heteroatoms. The number of carboxylic acids is 3. The van der Waals surface area contributed by atoms with Crippen LogP contribution in [0.5, 0.6) is 0 Å². The molecule has 0 fully saturated rings. The second-order valence-corrected chi connectivity index (χ2v) is 4.10. The van der Waals surface area contributed by atoms with E-state index in [1.54, 1.807) is 6.92 Å². The molecule has 1 aromatic carbocycles. The highest BCUT2D eigenvalue weighted by molar-refractivity contribution is 9.10. The van der Waals surface area contributed by atoms with Gasteiger partial charge in [-0.1, -0.05) is 0 Å². The van der Waals surface area contributed by atoms with Crippen LogP contribution in [0.25, 0.3) is 0 Å². The first-order chi connectivity index (χ1) is 8.16. The van der Waals surface area contributed by atoms with Gasteiger partial charge in [-0.3, -0.25) is 4.79 Å². The molecule has 0 aliphatic heterocycles. The predicted molar refractivity (Wildman–Crippen MR) is 66.1 cm³/mol. The van der Waals surface area contributed by atoms with Gasteiger partial charge in [0.25, 0.3) is 5.97 Å². The Kier molecular flexibility index (Phi) is 6.04. The Morgan fingerprint density at radius 2 is 1.28 bits per heavy atom. The molecule has 18 heavy (non-hydrogen) atoms. The Balaban J connectivity index is 0.000000631. The lowest BCUT2D eigenvalue weighted by Gasteiger charge is -2.04. The van der Waals surface area contributed by atoms with Crippen molar-refractivity contribution in [3.63, 3.8) is 0 Å². The summed E-state index contributed by atoms with van der Waals surface area (Å²) in [6.07, 6.45) is 0. The topological polar surface area (TPSA) is 112 Å². The van der Waals surface area contributed by atoms with Crippen molar-refractivity contribution < 1.29 is 29.7 Å². The Hall–Kier alpha value is -1.89. The van der Waals surface area contributed by atoms with E-state index in [1.807, 2.05) is 0 Å². The normalized spacial score (nSPS) is 9.06. The quantitative estimate of drug-likeness (QED) is 0.771. The van der Waals surface area contributed by atoms with Crippen molar-refractivity contribution in [1.82, 2.24) is 0 Å². The third-order valence-corrected chi connectivity index (χ3v) is 2.53. The van der Waals surface area contributed by atoms with E-state index in [9.17, 15) is 9.59 Å². The van der Waals surface area contributed by atoms with Gasteiger partial charge >= 0.3 is 11.9 Å². The molecule has 6 nitrogen and oxygen atoms in total. The zero-order valence-corrected chi connectivity index (χ0v) is 11.2. The number of aryl methyl sites for hydroxylation is 1. The average molecular weight is 319 g/mol. The van der Waals surface area contributed by atoms with E-state index in [0.29, 0.717) is 5.56 Å². The summed E-state index contributed by atoms with van der Waals surface area (Å²) in [5.41, 5.74) is 0.521. The van der Waals surface area contributed by atoms with Gasteiger partial charge in [-0.2, -0.15) is 0 Å². The van der Waals surface area contributed by atoms with Crippen molar-refractivity contribution in [2.75, 3.05) is 0 Å². The molecule has 0 saturated heterocycles. The first-order valence-electron chi connectivity index (χ1n) is 4.63. The van der Waals surface area contributed by atoms with Crippen LogP contribution < -0.4 is 0 Å². The van der Waals surface area contributed by atoms with Gasteiger partial charge in [0.1, 0.15) is 0 Å². The Labute approximate surface area is 111 Å². The fraction of sp³-hybridized carbons (Fsp3) is 0.182. The summed E-state index contributed by atoms with van der Waals surface area (Å²) in [4.78, 5) is 30.5. The number of aliphatic carboxylic acids is 1. The van der Waals surface area contributed by atoms with Gasteiger partial charge in [-0.15, -0.1) is 0 Å². The predicted octanol–water partition coefficient (Wildman–Crippen LogP) is 2.24. The van der Waals surface area contributed by atoms with Crippen LogP contribution >= 0.6 is 15.9 Å². The van der Waals surface area contributed by atoms with Crippen LogP contribution in [0.15, 0.2) is 16.6 Å². The van der Waals surface area contributed by atoms with Crippen molar-refractivity contribution in [3.8, 4) is 0 Å². The molecule has 0 saturated carbocycles. The van der Waals surface area contributed by atoms with E-state index in [2.05, 4.69) is 15.9 Å². The second-order valence-electron chi connectivity index (χ2n) is 3.30. The molecule has 1 rings (SSSR count). The highest BCUT2D eigenvalue weighted by Gasteiger charge is 2.16. The molecule has 0 radical (unpaired) electrons. The smallest absolute Gasteiger partial charge is 0.336 e. The minimum absolute atomic E-state index is 0.0394. The van der Waals surface area contributed by atoms with Crippen LogP contribution in [0, 0.1) is 6.92 Å². The van der Waals surface area contributed by atoms with Crippen LogP contribution in [-0.4, -0.2) is 33.2 Å². The van der Waals surface area contributed by atoms with Crippen LogP contribution in [0.4, 0.5) is 0 Å². The largest absolute Gasteiger partial charge is 0.481 e. The molecule has 0 aliphatic rings. The Bertz CT molecular complexity index is 455. The number of halogens is 1. The number of carboxylic acid groups (broad SMARTS) is 3. The van der Waals surface area contributed by atoms with Crippen molar-refractivity contribution in [2.45, 2.75) is 13.8 Å². The Morgan fingerprint density at radius 1 is 1.00 bits per heavy atom. The van der Waals surface area contributed by atoms with Gasteiger partial charge in [0, 0.05) is 11.4 Å². The molecule has 0 bridgehead atoms. The number of hydrogen-bond donors (Lipinski definition) is 3. The molecule has 0 amide bonds. The molecular formula is C11H11BrO6. The molecule has 0 aliphatic carbocycles. The zero-order valence-electron chi connectivity index (χ0n) is 9.60.